The number of ether oxygens (including phenoxy) is 2. The first-order valence-electron chi connectivity index (χ1n) is 8.76. The number of hydrogen-bond donors (Lipinski definition) is 1. The van der Waals surface area contributed by atoms with E-state index in [1.807, 2.05) is 13.0 Å². The molecule has 126 valence electrons. The highest BCUT2D eigenvalue weighted by molar-refractivity contribution is 5.81. The summed E-state index contributed by atoms with van der Waals surface area (Å²) in [5.41, 5.74) is 8.17. The molecule has 2 heterocycles. The Morgan fingerprint density at radius 2 is 1.83 bits per heavy atom. The standard InChI is InChI=1S/C18H27N3O2/c1-3-4-5-6-7-8-21-15-12-17-16(22-9-10-23-17)11-14(15)20-18(21)13(2)19/h11-13H,3-10,19H2,1-2H3. The number of hydrogen-bond acceptors (Lipinski definition) is 4. The molecule has 0 bridgehead atoms. The minimum absolute atomic E-state index is 0.0862. The van der Waals surface area contributed by atoms with Crippen molar-refractivity contribution >= 4 is 11.0 Å². The van der Waals surface area contributed by atoms with Crippen molar-refractivity contribution in [1.82, 2.24) is 9.55 Å². The lowest BCUT2D eigenvalue weighted by Crippen LogP contribution is -2.15. The quantitative estimate of drug-likeness (QED) is 0.789. The molecule has 0 amide bonds. The number of nitrogens with zero attached hydrogens (tertiary/aromatic N) is 2. The van der Waals surface area contributed by atoms with Crippen LogP contribution in [0.4, 0.5) is 0 Å². The van der Waals surface area contributed by atoms with Gasteiger partial charge in [-0.15, -0.1) is 0 Å². The van der Waals surface area contributed by atoms with Gasteiger partial charge in [0.15, 0.2) is 11.5 Å². The van der Waals surface area contributed by atoms with Crippen molar-refractivity contribution in [3.8, 4) is 11.5 Å². The van der Waals surface area contributed by atoms with Crippen LogP contribution in [0.1, 0.15) is 57.8 Å². The van der Waals surface area contributed by atoms with Crippen molar-refractivity contribution in [2.45, 2.75) is 58.5 Å². The molecule has 0 radical (unpaired) electrons. The Kier molecular flexibility index (Phi) is 5.06. The predicted octanol–water partition coefficient (Wildman–Crippen LogP) is 3.80. The van der Waals surface area contributed by atoms with E-state index in [9.17, 15) is 0 Å². The Balaban J connectivity index is 1.88. The van der Waals surface area contributed by atoms with Crippen LogP contribution in [0.5, 0.6) is 11.5 Å². The molecule has 2 aromatic rings. The van der Waals surface area contributed by atoms with Crippen molar-refractivity contribution in [3.63, 3.8) is 0 Å². The fourth-order valence-corrected chi connectivity index (χ4v) is 3.14. The van der Waals surface area contributed by atoms with E-state index in [2.05, 4.69) is 17.6 Å². The van der Waals surface area contributed by atoms with Gasteiger partial charge >= 0.3 is 0 Å². The largest absolute Gasteiger partial charge is 0.486 e. The van der Waals surface area contributed by atoms with Crippen LogP contribution in [0, 0.1) is 0 Å². The SMILES string of the molecule is CCCCCCCn1c(C(C)N)nc2cc3c(cc21)OCCO3. The molecule has 1 atom stereocenters. The van der Waals surface area contributed by atoms with Crippen LogP contribution in [-0.4, -0.2) is 22.8 Å². The summed E-state index contributed by atoms with van der Waals surface area (Å²) in [5, 5.41) is 0. The highest BCUT2D eigenvalue weighted by Crippen LogP contribution is 2.35. The van der Waals surface area contributed by atoms with Gasteiger partial charge in [-0.25, -0.2) is 4.98 Å². The number of fused-ring (bicyclic) bond motifs is 2. The molecule has 0 saturated heterocycles. The van der Waals surface area contributed by atoms with Gasteiger partial charge in [0, 0.05) is 18.7 Å². The Morgan fingerprint density at radius 1 is 1.13 bits per heavy atom. The van der Waals surface area contributed by atoms with Gasteiger partial charge in [-0.05, 0) is 13.3 Å². The second-order valence-corrected chi connectivity index (χ2v) is 6.31. The van der Waals surface area contributed by atoms with Gasteiger partial charge in [0.2, 0.25) is 0 Å². The molecule has 2 N–H and O–H groups in total. The average molecular weight is 317 g/mol. The summed E-state index contributed by atoms with van der Waals surface area (Å²) in [4.78, 5) is 4.74. The van der Waals surface area contributed by atoms with E-state index in [1.165, 1.54) is 25.7 Å². The molecule has 1 aromatic heterocycles. The molecule has 5 nitrogen and oxygen atoms in total. The first-order chi connectivity index (χ1) is 11.2. The highest BCUT2D eigenvalue weighted by atomic mass is 16.6. The third-order valence-electron chi connectivity index (χ3n) is 4.33. The molecule has 0 aliphatic carbocycles. The normalized spacial score (nSPS) is 15.1. The maximum Gasteiger partial charge on any atom is 0.163 e. The number of imidazole rings is 1. The maximum absolute atomic E-state index is 6.14. The molecule has 3 rings (SSSR count). The van der Waals surface area contributed by atoms with E-state index < -0.39 is 0 Å². The van der Waals surface area contributed by atoms with Crippen LogP contribution < -0.4 is 15.2 Å². The summed E-state index contributed by atoms with van der Waals surface area (Å²) in [6.07, 6.45) is 6.27. The van der Waals surface area contributed by atoms with E-state index >= 15 is 0 Å². The summed E-state index contributed by atoms with van der Waals surface area (Å²) >= 11 is 0. The van der Waals surface area contributed by atoms with Gasteiger partial charge < -0.3 is 19.8 Å². The lowest BCUT2D eigenvalue weighted by atomic mass is 10.1. The van der Waals surface area contributed by atoms with Crippen molar-refractivity contribution in [3.05, 3.63) is 18.0 Å². The number of benzene rings is 1. The van der Waals surface area contributed by atoms with Crippen molar-refractivity contribution in [2.75, 3.05) is 13.2 Å². The Labute approximate surface area is 137 Å². The lowest BCUT2D eigenvalue weighted by Gasteiger charge is -2.18. The van der Waals surface area contributed by atoms with E-state index in [4.69, 9.17) is 20.2 Å². The van der Waals surface area contributed by atoms with Gasteiger partial charge in [0.1, 0.15) is 19.0 Å². The molecule has 1 aliphatic rings. The average Bonchev–Trinajstić information content (AvgIpc) is 2.90. The van der Waals surface area contributed by atoms with Crippen LogP contribution in [0.3, 0.4) is 0 Å². The molecule has 1 aromatic carbocycles. The second kappa shape index (κ2) is 7.21. The second-order valence-electron chi connectivity index (χ2n) is 6.31. The topological polar surface area (TPSA) is 62.3 Å². The zero-order chi connectivity index (χ0) is 16.2. The summed E-state index contributed by atoms with van der Waals surface area (Å²) in [5.74, 6) is 2.54. The third-order valence-corrected chi connectivity index (χ3v) is 4.33. The molecular formula is C18H27N3O2. The fraction of sp³-hybridized carbons (Fsp3) is 0.611. The molecule has 0 saturated carbocycles. The van der Waals surface area contributed by atoms with Gasteiger partial charge in [0.05, 0.1) is 17.1 Å². The van der Waals surface area contributed by atoms with Crippen LogP contribution in [0.15, 0.2) is 12.1 Å². The van der Waals surface area contributed by atoms with Crippen molar-refractivity contribution in [1.29, 1.82) is 0 Å². The number of nitrogens with two attached hydrogens (primary N) is 1. The smallest absolute Gasteiger partial charge is 0.163 e. The van der Waals surface area contributed by atoms with E-state index in [0.717, 1.165) is 41.3 Å². The van der Waals surface area contributed by atoms with E-state index in [-0.39, 0.29) is 6.04 Å². The lowest BCUT2D eigenvalue weighted by molar-refractivity contribution is 0.172. The summed E-state index contributed by atoms with van der Waals surface area (Å²) in [6.45, 7) is 6.38. The summed E-state index contributed by atoms with van der Waals surface area (Å²) in [7, 11) is 0. The number of aryl methyl sites for hydroxylation is 1. The van der Waals surface area contributed by atoms with E-state index in [0.29, 0.717) is 13.2 Å². The molecular weight excluding hydrogens is 290 g/mol. The van der Waals surface area contributed by atoms with Crippen molar-refractivity contribution < 1.29 is 9.47 Å². The number of aromatic nitrogens is 2. The zero-order valence-electron chi connectivity index (χ0n) is 14.2. The Hall–Kier alpha value is -1.75. The molecule has 5 heteroatoms. The third kappa shape index (κ3) is 3.44. The van der Waals surface area contributed by atoms with Crippen LogP contribution in [-0.2, 0) is 6.54 Å². The maximum atomic E-state index is 6.14. The zero-order valence-corrected chi connectivity index (χ0v) is 14.2. The van der Waals surface area contributed by atoms with Gasteiger partial charge in [-0.2, -0.15) is 0 Å². The van der Waals surface area contributed by atoms with Gasteiger partial charge in [0.25, 0.3) is 0 Å². The summed E-state index contributed by atoms with van der Waals surface area (Å²) < 4.78 is 13.6. The first kappa shape index (κ1) is 16.1. The van der Waals surface area contributed by atoms with Crippen LogP contribution >= 0.6 is 0 Å². The minimum atomic E-state index is -0.0862. The predicted molar refractivity (Wildman–Crippen MR) is 92.1 cm³/mol. The number of unbranched alkanes of at least 4 members (excludes halogenated alkanes) is 4. The molecule has 0 fully saturated rings. The molecule has 1 aliphatic heterocycles. The van der Waals surface area contributed by atoms with Gasteiger partial charge in [-0.1, -0.05) is 32.6 Å². The molecule has 23 heavy (non-hydrogen) atoms. The van der Waals surface area contributed by atoms with Gasteiger partial charge in [-0.3, -0.25) is 0 Å². The van der Waals surface area contributed by atoms with Crippen molar-refractivity contribution in [2.24, 2.45) is 5.73 Å². The van der Waals surface area contributed by atoms with E-state index in [1.54, 1.807) is 0 Å². The highest BCUT2D eigenvalue weighted by Gasteiger charge is 2.19. The molecule has 1 unspecified atom stereocenters. The first-order valence-corrected chi connectivity index (χ1v) is 8.76. The minimum Gasteiger partial charge on any atom is -0.486 e. The monoisotopic (exact) mass is 317 g/mol. The Morgan fingerprint density at radius 3 is 2.52 bits per heavy atom. The fourth-order valence-electron chi connectivity index (χ4n) is 3.14. The van der Waals surface area contributed by atoms with Crippen LogP contribution in [0.2, 0.25) is 0 Å². The number of rotatable bonds is 7. The van der Waals surface area contributed by atoms with Crippen LogP contribution in [0.25, 0.3) is 11.0 Å². The summed E-state index contributed by atoms with van der Waals surface area (Å²) in [6, 6.07) is 3.94. The Bertz CT molecular complexity index is 664. The molecule has 0 spiro atoms.